The third-order valence-corrected chi connectivity index (χ3v) is 5.56. The molecule has 2 heterocycles. The summed E-state index contributed by atoms with van der Waals surface area (Å²) in [7, 11) is -3.74. The Labute approximate surface area is 135 Å². The van der Waals surface area contributed by atoms with Gasteiger partial charge >= 0.3 is 5.97 Å². The first-order valence-corrected chi connectivity index (χ1v) is 9.00. The van der Waals surface area contributed by atoms with Crippen molar-refractivity contribution >= 4 is 16.0 Å². The lowest BCUT2D eigenvalue weighted by Crippen LogP contribution is -2.48. The number of hydrogen-bond acceptors (Lipinski definition) is 5. The van der Waals surface area contributed by atoms with Crippen LogP contribution in [0.3, 0.4) is 0 Å². The fourth-order valence-corrected chi connectivity index (χ4v) is 4.20. The Kier molecular flexibility index (Phi) is 4.27. The van der Waals surface area contributed by atoms with Gasteiger partial charge in [0, 0.05) is 0 Å². The zero-order chi connectivity index (χ0) is 16.6. The SMILES string of the molecule is CCOC(=O)C1C2C=CC(O2)C1NS(=O)(=O)c1ccc(C)cc1. The van der Waals surface area contributed by atoms with Gasteiger partial charge in [-0.3, -0.25) is 4.79 Å². The molecule has 2 aliphatic heterocycles. The lowest BCUT2D eigenvalue weighted by molar-refractivity contribution is -0.149. The van der Waals surface area contributed by atoms with Crippen LogP contribution >= 0.6 is 0 Å². The highest BCUT2D eigenvalue weighted by molar-refractivity contribution is 7.89. The van der Waals surface area contributed by atoms with Gasteiger partial charge in [-0.1, -0.05) is 29.8 Å². The maximum Gasteiger partial charge on any atom is 0.313 e. The van der Waals surface area contributed by atoms with E-state index in [9.17, 15) is 13.2 Å². The molecule has 7 heteroatoms. The lowest BCUT2D eigenvalue weighted by atomic mass is 9.90. The number of carbonyl (C=O) groups excluding carboxylic acids is 1. The molecule has 6 nitrogen and oxygen atoms in total. The van der Waals surface area contributed by atoms with Crippen LogP contribution in [0.2, 0.25) is 0 Å². The Morgan fingerprint density at radius 3 is 2.52 bits per heavy atom. The molecule has 1 aromatic carbocycles. The van der Waals surface area contributed by atoms with Crippen LogP contribution in [-0.2, 0) is 24.3 Å². The average Bonchev–Trinajstić information content (AvgIpc) is 3.08. The van der Waals surface area contributed by atoms with Gasteiger partial charge in [0.2, 0.25) is 10.0 Å². The Balaban J connectivity index is 1.84. The van der Waals surface area contributed by atoms with Crippen molar-refractivity contribution in [1.82, 2.24) is 4.72 Å². The van der Waals surface area contributed by atoms with Gasteiger partial charge in [0.25, 0.3) is 0 Å². The summed E-state index contributed by atoms with van der Waals surface area (Å²) < 4.78 is 38.4. The van der Waals surface area contributed by atoms with Crippen molar-refractivity contribution in [3.63, 3.8) is 0 Å². The summed E-state index contributed by atoms with van der Waals surface area (Å²) in [6.07, 6.45) is 2.67. The summed E-state index contributed by atoms with van der Waals surface area (Å²) in [5.41, 5.74) is 0.972. The van der Waals surface area contributed by atoms with Gasteiger partial charge in [-0.15, -0.1) is 0 Å². The van der Waals surface area contributed by atoms with Crippen molar-refractivity contribution in [2.45, 2.75) is 37.0 Å². The number of carbonyl (C=O) groups is 1. The molecule has 1 saturated heterocycles. The average molecular weight is 337 g/mol. The molecular weight excluding hydrogens is 318 g/mol. The molecule has 0 amide bonds. The van der Waals surface area contributed by atoms with Crippen molar-refractivity contribution in [3.05, 3.63) is 42.0 Å². The van der Waals surface area contributed by atoms with Gasteiger partial charge in [0.05, 0.1) is 29.8 Å². The van der Waals surface area contributed by atoms with Crippen molar-refractivity contribution < 1.29 is 22.7 Å². The predicted molar refractivity (Wildman–Crippen MR) is 83.2 cm³/mol. The summed E-state index contributed by atoms with van der Waals surface area (Å²) >= 11 is 0. The molecule has 124 valence electrons. The molecule has 3 rings (SSSR count). The van der Waals surface area contributed by atoms with E-state index in [1.807, 2.05) is 6.92 Å². The molecule has 0 spiro atoms. The van der Waals surface area contributed by atoms with E-state index in [1.165, 1.54) is 0 Å². The van der Waals surface area contributed by atoms with Crippen LogP contribution in [0, 0.1) is 12.8 Å². The third kappa shape index (κ3) is 3.04. The number of ether oxygens (including phenoxy) is 2. The van der Waals surface area contributed by atoms with Crippen LogP contribution in [0.25, 0.3) is 0 Å². The van der Waals surface area contributed by atoms with Crippen molar-refractivity contribution in [2.24, 2.45) is 5.92 Å². The molecule has 4 atom stereocenters. The van der Waals surface area contributed by atoms with E-state index in [0.717, 1.165) is 5.56 Å². The number of fused-ring (bicyclic) bond motifs is 2. The van der Waals surface area contributed by atoms with E-state index in [1.54, 1.807) is 43.3 Å². The monoisotopic (exact) mass is 337 g/mol. The first-order valence-electron chi connectivity index (χ1n) is 7.52. The van der Waals surface area contributed by atoms with Gasteiger partial charge in [0.15, 0.2) is 0 Å². The minimum atomic E-state index is -3.74. The van der Waals surface area contributed by atoms with Crippen molar-refractivity contribution in [3.8, 4) is 0 Å². The van der Waals surface area contributed by atoms with E-state index >= 15 is 0 Å². The Morgan fingerprint density at radius 1 is 1.22 bits per heavy atom. The number of aryl methyl sites for hydroxylation is 1. The van der Waals surface area contributed by atoms with E-state index in [4.69, 9.17) is 9.47 Å². The van der Waals surface area contributed by atoms with Crippen LogP contribution < -0.4 is 4.72 Å². The summed E-state index contributed by atoms with van der Waals surface area (Å²) in [5.74, 6) is -1.11. The molecule has 1 fully saturated rings. The number of esters is 1. The summed E-state index contributed by atoms with van der Waals surface area (Å²) in [6.45, 7) is 3.84. The largest absolute Gasteiger partial charge is 0.466 e. The van der Waals surface area contributed by atoms with Crippen LogP contribution in [-0.4, -0.2) is 39.2 Å². The predicted octanol–water partition coefficient (Wildman–Crippen LogP) is 1.16. The normalized spacial score (nSPS) is 29.0. The first kappa shape index (κ1) is 16.2. The highest BCUT2D eigenvalue weighted by Gasteiger charge is 2.51. The van der Waals surface area contributed by atoms with Crippen LogP contribution in [0.1, 0.15) is 12.5 Å². The molecule has 2 aliphatic rings. The standard InChI is InChI=1S/C16H19NO5S/c1-3-21-16(18)14-12-8-9-13(22-12)15(14)17-23(19,20)11-6-4-10(2)5-7-11/h4-9,12-15,17H,3H2,1-2H3. The molecule has 1 aromatic rings. The third-order valence-electron chi connectivity index (χ3n) is 4.08. The van der Waals surface area contributed by atoms with Crippen LogP contribution in [0.4, 0.5) is 0 Å². The molecule has 2 bridgehead atoms. The Hall–Kier alpha value is -1.70. The van der Waals surface area contributed by atoms with Crippen LogP contribution in [0.15, 0.2) is 41.3 Å². The zero-order valence-electron chi connectivity index (χ0n) is 12.9. The molecule has 0 saturated carbocycles. The summed E-state index contributed by atoms with van der Waals surface area (Å²) in [5, 5.41) is 0. The number of sulfonamides is 1. The topological polar surface area (TPSA) is 81.7 Å². The second-order valence-electron chi connectivity index (χ2n) is 5.69. The number of benzene rings is 1. The highest BCUT2D eigenvalue weighted by atomic mass is 32.2. The zero-order valence-corrected chi connectivity index (χ0v) is 13.7. The number of nitrogens with one attached hydrogen (secondary N) is 1. The first-order chi connectivity index (χ1) is 10.9. The molecule has 0 aromatic heterocycles. The molecule has 23 heavy (non-hydrogen) atoms. The molecule has 4 unspecified atom stereocenters. The van der Waals surface area contributed by atoms with Gasteiger partial charge in [0.1, 0.15) is 5.92 Å². The van der Waals surface area contributed by atoms with Gasteiger partial charge in [-0.05, 0) is 26.0 Å². The van der Waals surface area contributed by atoms with Crippen molar-refractivity contribution in [1.29, 1.82) is 0 Å². The van der Waals surface area contributed by atoms with Gasteiger partial charge in [-0.25, -0.2) is 13.1 Å². The number of hydrogen-bond donors (Lipinski definition) is 1. The summed E-state index contributed by atoms with van der Waals surface area (Å²) in [6, 6.07) is 5.89. The molecule has 0 aliphatic carbocycles. The maximum absolute atomic E-state index is 12.6. The van der Waals surface area contributed by atoms with E-state index < -0.39 is 40.2 Å². The van der Waals surface area contributed by atoms with Gasteiger partial charge in [-0.2, -0.15) is 0 Å². The highest BCUT2D eigenvalue weighted by Crippen LogP contribution is 2.35. The minimum Gasteiger partial charge on any atom is -0.466 e. The Morgan fingerprint density at radius 2 is 1.87 bits per heavy atom. The number of rotatable bonds is 5. The lowest BCUT2D eigenvalue weighted by Gasteiger charge is -2.24. The Bertz CT molecular complexity index is 725. The molecule has 0 radical (unpaired) electrons. The summed E-state index contributed by atoms with van der Waals surface area (Å²) in [4.78, 5) is 12.3. The smallest absolute Gasteiger partial charge is 0.313 e. The van der Waals surface area contributed by atoms with E-state index in [-0.39, 0.29) is 11.5 Å². The minimum absolute atomic E-state index is 0.164. The van der Waals surface area contributed by atoms with Crippen molar-refractivity contribution in [2.75, 3.05) is 6.61 Å². The maximum atomic E-state index is 12.6. The van der Waals surface area contributed by atoms with E-state index in [0.29, 0.717) is 0 Å². The van der Waals surface area contributed by atoms with Crippen LogP contribution in [0.5, 0.6) is 0 Å². The van der Waals surface area contributed by atoms with Gasteiger partial charge < -0.3 is 9.47 Å². The second kappa shape index (κ2) is 6.07. The molecule has 1 N–H and O–H groups in total. The molecular formula is C16H19NO5S. The second-order valence-corrected chi connectivity index (χ2v) is 7.40. The quantitative estimate of drug-likeness (QED) is 0.644. The van der Waals surface area contributed by atoms with E-state index in [2.05, 4.69) is 4.72 Å². The fourth-order valence-electron chi connectivity index (χ4n) is 2.93. The fraction of sp³-hybridized carbons (Fsp3) is 0.438.